The predicted molar refractivity (Wildman–Crippen MR) is 201 cm³/mol. The minimum absolute atomic E-state index is 0.126. The zero-order valence-corrected chi connectivity index (χ0v) is 25.4. The summed E-state index contributed by atoms with van der Waals surface area (Å²) < 4.78 is 147. The van der Waals surface area contributed by atoms with Gasteiger partial charge in [0.1, 0.15) is 11.5 Å². The molecule has 2 heteroatoms. The van der Waals surface area contributed by atoms with Crippen molar-refractivity contribution in [2.24, 2.45) is 0 Å². The van der Waals surface area contributed by atoms with Gasteiger partial charge in [-0.3, -0.25) is 0 Å². The summed E-state index contributed by atoms with van der Waals surface area (Å²) in [5.41, 5.74) is -2.42. The van der Waals surface area contributed by atoms with Crippen molar-refractivity contribution in [3.63, 3.8) is 0 Å². The number of ether oxygens (including phenoxy) is 1. The van der Waals surface area contributed by atoms with Gasteiger partial charge in [0.2, 0.25) is 0 Å². The van der Waals surface area contributed by atoms with Crippen molar-refractivity contribution in [3.8, 4) is 39.4 Å². The topological polar surface area (TPSA) is 14.2 Å². The summed E-state index contributed by atoms with van der Waals surface area (Å²) in [4.78, 5) is 0. The number of hydrogen-bond acceptors (Lipinski definition) is 1. The number of rotatable bonds is 2. The molecule has 0 saturated carbocycles. The highest BCUT2D eigenvalue weighted by molar-refractivity contribution is 6.22. The summed E-state index contributed by atoms with van der Waals surface area (Å²) >= 11 is 0. The van der Waals surface area contributed by atoms with E-state index in [1.54, 1.807) is 12.1 Å². The number of para-hydroxylation sites is 2. The van der Waals surface area contributed by atoms with E-state index in [-0.39, 0.29) is 22.3 Å². The zero-order valence-electron chi connectivity index (χ0n) is 40.4. The van der Waals surface area contributed by atoms with Gasteiger partial charge in [-0.2, -0.15) is 0 Å². The van der Waals surface area contributed by atoms with Gasteiger partial charge in [-0.15, -0.1) is 0 Å². The first-order chi connectivity index (χ1) is 30.6. The number of nitrogens with zero attached hydrogens (tertiary/aromatic N) is 1. The molecule has 49 heavy (non-hydrogen) atoms. The molecule has 0 amide bonds. The molecule has 0 fully saturated rings. The van der Waals surface area contributed by atoms with Crippen molar-refractivity contribution in [2.75, 3.05) is 0 Å². The molecule has 0 atom stereocenters. The molecular weight excluding hydrogens is 595 g/mol. The van der Waals surface area contributed by atoms with Crippen LogP contribution in [0.15, 0.2) is 176 Å². The summed E-state index contributed by atoms with van der Waals surface area (Å²) in [6, 6.07) is 16.2. The van der Waals surface area contributed by atoms with Gasteiger partial charge in [-0.1, -0.05) is 139 Å². The van der Waals surface area contributed by atoms with Crippen LogP contribution in [0.25, 0.3) is 60.5 Å². The Morgan fingerprint density at radius 1 is 0.510 bits per heavy atom. The zero-order chi connectivity index (χ0) is 45.2. The Morgan fingerprint density at radius 3 is 2.02 bits per heavy atom. The van der Waals surface area contributed by atoms with Crippen LogP contribution >= 0.6 is 0 Å². The van der Waals surface area contributed by atoms with Gasteiger partial charge in [0.15, 0.2) is 0 Å². The third-order valence-electron chi connectivity index (χ3n) is 9.72. The summed E-state index contributed by atoms with van der Waals surface area (Å²) in [7, 11) is 0. The Morgan fingerprint density at radius 2 is 1.20 bits per heavy atom. The molecule has 9 aromatic rings. The Kier molecular flexibility index (Phi) is 3.24. The normalized spacial score (nSPS) is 17.9. The largest absolute Gasteiger partial charge is 0.457 e. The summed E-state index contributed by atoms with van der Waals surface area (Å²) in [6.45, 7) is 0. The highest BCUT2D eigenvalue weighted by Gasteiger charge is 2.51. The Labute approximate surface area is 305 Å². The van der Waals surface area contributed by atoms with Gasteiger partial charge in [0, 0.05) is 33.0 Å². The average Bonchev–Trinajstić information content (AvgIpc) is 3.81. The molecule has 1 spiro atoms. The fraction of sp³-hybridized carbons (Fsp3) is 0.0213. The Bertz CT molecular complexity index is 3590. The van der Waals surface area contributed by atoms with Crippen LogP contribution in [-0.2, 0) is 5.41 Å². The lowest BCUT2D eigenvalue weighted by molar-refractivity contribution is 0.436. The van der Waals surface area contributed by atoms with E-state index in [9.17, 15) is 11.0 Å². The van der Waals surface area contributed by atoms with Crippen LogP contribution in [0.4, 0.5) is 0 Å². The molecule has 2 aliphatic rings. The first-order valence-electron chi connectivity index (χ1n) is 23.2. The maximum Gasteiger partial charge on any atom is 0.132 e. The first kappa shape index (κ1) is 16.1. The monoisotopic (exact) mass is 638 g/mol. The average molecular weight is 639 g/mol. The maximum absolute atomic E-state index is 10.4. The van der Waals surface area contributed by atoms with Crippen molar-refractivity contribution in [1.29, 1.82) is 0 Å². The molecule has 0 radical (unpaired) electrons. The SMILES string of the molecule is [2H]c1c([2H])c([2H])c2c(c1[2H])Oc1c([2H])c([2H])c(-c3cccc4c3c3ccc5ccccc5c3n4-c3ccccc3)c([2H])c1C21c2c([2H])c([2H])c([2H])c([2H])c2-c2c([2H])c([2H])c([2H])c([2H])c21. The van der Waals surface area contributed by atoms with Crippen LogP contribution in [-0.4, -0.2) is 4.57 Å². The fourth-order valence-corrected chi connectivity index (χ4v) is 7.81. The van der Waals surface area contributed by atoms with E-state index < -0.39 is 124 Å². The van der Waals surface area contributed by atoms with Gasteiger partial charge in [0.05, 0.1) is 37.0 Å². The lowest BCUT2D eigenvalue weighted by atomic mass is 9.65. The molecular formula is C47H29NO. The summed E-state index contributed by atoms with van der Waals surface area (Å²) in [5, 5.41) is 3.20. The Hall–Kier alpha value is -6.38. The molecule has 1 aliphatic heterocycles. The first-order valence-corrected chi connectivity index (χ1v) is 15.7. The maximum atomic E-state index is 10.4. The number of hydrogen-bond donors (Lipinski definition) is 0. The van der Waals surface area contributed by atoms with Crippen molar-refractivity contribution >= 4 is 32.6 Å². The van der Waals surface area contributed by atoms with Crippen molar-refractivity contribution < 1.29 is 25.3 Å². The fourth-order valence-electron chi connectivity index (χ4n) is 7.81. The van der Waals surface area contributed by atoms with Gasteiger partial charge < -0.3 is 9.30 Å². The van der Waals surface area contributed by atoms with Crippen LogP contribution < -0.4 is 4.74 Å². The smallest absolute Gasteiger partial charge is 0.132 e. The van der Waals surface area contributed by atoms with E-state index in [4.69, 9.17) is 14.3 Å². The predicted octanol–water partition coefficient (Wildman–Crippen LogP) is 12.1. The van der Waals surface area contributed by atoms with Crippen LogP contribution in [0.1, 0.15) is 42.8 Å². The molecule has 11 rings (SSSR count). The second-order valence-electron chi connectivity index (χ2n) is 12.1. The highest BCUT2D eigenvalue weighted by Crippen LogP contribution is 2.62. The minimum Gasteiger partial charge on any atom is -0.457 e. The third-order valence-corrected chi connectivity index (χ3v) is 9.72. The molecule has 228 valence electrons. The van der Waals surface area contributed by atoms with Crippen molar-refractivity contribution in [2.45, 2.75) is 5.41 Å². The van der Waals surface area contributed by atoms with E-state index in [2.05, 4.69) is 4.57 Å². The van der Waals surface area contributed by atoms with Crippen LogP contribution in [0.2, 0.25) is 0 Å². The van der Waals surface area contributed by atoms with E-state index >= 15 is 0 Å². The van der Waals surface area contributed by atoms with E-state index in [1.807, 2.05) is 72.8 Å². The molecule has 8 aromatic carbocycles. The molecule has 1 aromatic heterocycles. The standard InChI is InChI=1S/C47H29NO/c1-2-14-32(15-3-1)48-42-23-12-19-33(45(42)37-27-25-30-13-4-5-16-34(30)46(37)48)31-26-28-44-41(29-31)47(40-22-10-11-24-43(40)49-44)38-20-8-6-17-35(38)36-18-7-9-21-39(36)47/h1-29H/i6D,7D,8D,9D,10D,11D,17D,18D,20D,21D,22D,24D,26D,28D,29D. The number of aromatic nitrogens is 1. The lowest BCUT2D eigenvalue weighted by Gasteiger charge is -2.39. The molecule has 1 aliphatic carbocycles. The lowest BCUT2D eigenvalue weighted by Crippen LogP contribution is -2.32. The highest BCUT2D eigenvalue weighted by atomic mass is 16.5. The second-order valence-corrected chi connectivity index (χ2v) is 12.1. The minimum atomic E-state index is -2.56. The number of benzene rings is 8. The van der Waals surface area contributed by atoms with Gasteiger partial charge in [-0.05, 0) is 75.1 Å². The molecule has 0 saturated heterocycles. The number of fused-ring (bicyclic) bond motifs is 14. The quantitative estimate of drug-likeness (QED) is 0.184. The molecule has 0 bridgehead atoms. The molecule has 2 heterocycles. The van der Waals surface area contributed by atoms with Crippen LogP contribution in [0, 0.1) is 0 Å². The van der Waals surface area contributed by atoms with Crippen molar-refractivity contribution in [1.82, 2.24) is 4.57 Å². The van der Waals surface area contributed by atoms with E-state index in [1.165, 1.54) is 0 Å². The molecule has 0 N–H and O–H groups in total. The van der Waals surface area contributed by atoms with Gasteiger partial charge in [-0.25, -0.2) is 0 Å². The van der Waals surface area contributed by atoms with Crippen LogP contribution in [0.5, 0.6) is 11.5 Å². The molecule has 2 nitrogen and oxygen atoms in total. The summed E-state index contributed by atoms with van der Waals surface area (Å²) in [6.07, 6.45) is 0. The van der Waals surface area contributed by atoms with E-state index in [0.29, 0.717) is 16.5 Å². The Balaban J connectivity index is 1.39. The second kappa shape index (κ2) is 9.82. The van der Waals surface area contributed by atoms with Gasteiger partial charge >= 0.3 is 0 Å². The van der Waals surface area contributed by atoms with Crippen LogP contribution in [0.3, 0.4) is 0 Å². The molecule has 0 unspecified atom stereocenters. The summed E-state index contributed by atoms with van der Waals surface area (Å²) in [5.74, 6) is -1.13. The van der Waals surface area contributed by atoms with E-state index in [0.717, 1.165) is 27.4 Å². The third kappa shape index (κ3) is 3.45. The van der Waals surface area contributed by atoms with Gasteiger partial charge in [0.25, 0.3) is 0 Å². The van der Waals surface area contributed by atoms with Crippen molar-refractivity contribution in [3.05, 3.63) is 198 Å².